The van der Waals surface area contributed by atoms with Gasteiger partial charge in [0.15, 0.2) is 0 Å². The van der Waals surface area contributed by atoms with Gasteiger partial charge in [-0.1, -0.05) is 35.0 Å². The topological polar surface area (TPSA) is 66.4 Å². The quantitative estimate of drug-likeness (QED) is 0.848. The molecule has 2 N–H and O–H groups in total. The van der Waals surface area contributed by atoms with Crippen LogP contribution in [0.3, 0.4) is 0 Å². The minimum atomic E-state index is -0.934. The number of carbonyl (C=O) groups is 2. The van der Waals surface area contributed by atoms with E-state index in [-0.39, 0.29) is 12.3 Å². The summed E-state index contributed by atoms with van der Waals surface area (Å²) in [6, 6.07) is 6.82. The molecule has 1 amide bonds. The van der Waals surface area contributed by atoms with Crippen LogP contribution in [0.25, 0.3) is 0 Å². The lowest BCUT2D eigenvalue weighted by atomic mass is 10.0. The van der Waals surface area contributed by atoms with Gasteiger partial charge in [-0.25, -0.2) is 0 Å². The van der Waals surface area contributed by atoms with E-state index in [1.807, 2.05) is 31.2 Å². The average Bonchev–Trinajstić information content (AvgIpc) is 2.28. The predicted molar refractivity (Wildman–Crippen MR) is 72.2 cm³/mol. The summed E-state index contributed by atoms with van der Waals surface area (Å²) in [7, 11) is 0. The highest BCUT2D eigenvalue weighted by atomic mass is 79.9. The Bertz CT molecular complexity index is 434. The van der Waals surface area contributed by atoms with E-state index in [2.05, 4.69) is 21.2 Å². The van der Waals surface area contributed by atoms with Crippen LogP contribution < -0.4 is 5.32 Å². The average molecular weight is 314 g/mol. The summed E-state index contributed by atoms with van der Waals surface area (Å²) in [5, 5.41) is 11.6. The molecule has 0 bridgehead atoms. The van der Waals surface area contributed by atoms with Crippen LogP contribution in [0.15, 0.2) is 28.7 Å². The van der Waals surface area contributed by atoms with Crippen LogP contribution in [0.5, 0.6) is 0 Å². The van der Waals surface area contributed by atoms with Gasteiger partial charge in [0.2, 0.25) is 5.91 Å². The Kier molecular flexibility index (Phi) is 5.85. The first-order valence-electron chi connectivity index (χ1n) is 5.79. The summed E-state index contributed by atoms with van der Waals surface area (Å²) >= 11 is 3.33. The third kappa shape index (κ3) is 4.87. The lowest BCUT2D eigenvalue weighted by molar-refractivity contribution is -0.137. The molecule has 98 valence electrons. The molecule has 1 aromatic carbocycles. The Morgan fingerprint density at radius 2 is 2.17 bits per heavy atom. The van der Waals surface area contributed by atoms with Crippen LogP contribution in [0.2, 0.25) is 0 Å². The number of hydrogen-bond acceptors (Lipinski definition) is 2. The highest BCUT2D eigenvalue weighted by Crippen LogP contribution is 2.21. The summed E-state index contributed by atoms with van der Waals surface area (Å²) in [4.78, 5) is 22.4. The molecule has 5 heteroatoms. The SMILES string of the molecule is CCCC(=O)NC(CC(=O)O)c1cccc(Br)c1. The molecule has 0 aromatic heterocycles. The van der Waals surface area contributed by atoms with Crippen LogP contribution in [-0.4, -0.2) is 17.0 Å². The molecule has 1 unspecified atom stereocenters. The zero-order valence-electron chi connectivity index (χ0n) is 10.1. The zero-order chi connectivity index (χ0) is 13.5. The number of carbonyl (C=O) groups excluding carboxylic acids is 1. The molecule has 1 aromatic rings. The van der Waals surface area contributed by atoms with Gasteiger partial charge in [-0.05, 0) is 24.1 Å². The van der Waals surface area contributed by atoms with E-state index in [4.69, 9.17) is 5.11 Å². The molecule has 0 heterocycles. The van der Waals surface area contributed by atoms with Gasteiger partial charge in [0.1, 0.15) is 0 Å². The molecular weight excluding hydrogens is 298 g/mol. The number of hydrogen-bond donors (Lipinski definition) is 2. The van der Waals surface area contributed by atoms with Gasteiger partial charge in [0.25, 0.3) is 0 Å². The second-order valence-electron chi connectivity index (χ2n) is 4.02. The molecule has 18 heavy (non-hydrogen) atoms. The smallest absolute Gasteiger partial charge is 0.305 e. The van der Waals surface area contributed by atoms with Gasteiger partial charge in [0.05, 0.1) is 12.5 Å². The standard InChI is InChI=1S/C13H16BrNO3/c1-2-4-12(16)15-11(8-13(17)18)9-5-3-6-10(14)7-9/h3,5-7,11H,2,4,8H2,1H3,(H,15,16)(H,17,18). The fourth-order valence-electron chi connectivity index (χ4n) is 1.64. The van der Waals surface area contributed by atoms with Gasteiger partial charge >= 0.3 is 5.97 Å². The van der Waals surface area contributed by atoms with Crippen LogP contribution in [0, 0.1) is 0 Å². The number of carboxylic acids is 1. The molecule has 0 radical (unpaired) electrons. The molecule has 1 rings (SSSR count). The van der Waals surface area contributed by atoms with Crippen molar-refractivity contribution in [1.82, 2.24) is 5.32 Å². The number of benzene rings is 1. The molecule has 0 aliphatic heterocycles. The number of aliphatic carboxylic acids is 1. The third-order valence-electron chi connectivity index (χ3n) is 2.44. The maximum absolute atomic E-state index is 11.6. The lowest BCUT2D eigenvalue weighted by Crippen LogP contribution is -2.29. The largest absolute Gasteiger partial charge is 0.481 e. The fraction of sp³-hybridized carbons (Fsp3) is 0.385. The number of rotatable bonds is 6. The maximum atomic E-state index is 11.6. The maximum Gasteiger partial charge on any atom is 0.305 e. The van der Waals surface area contributed by atoms with Crippen LogP contribution in [-0.2, 0) is 9.59 Å². The first-order chi connectivity index (χ1) is 8.52. The van der Waals surface area contributed by atoms with Crippen molar-refractivity contribution in [2.24, 2.45) is 0 Å². The van der Waals surface area contributed by atoms with Crippen molar-refractivity contribution in [2.45, 2.75) is 32.2 Å². The van der Waals surface area contributed by atoms with Gasteiger partial charge in [-0.15, -0.1) is 0 Å². The van der Waals surface area contributed by atoms with E-state index in [1.165, 1.54) is 0 Å². The summed E-state index contributed by atoms with van der Waals surface area (Å²) in [6.07, 6.45) is 1.03. The van der Waals surface area contributed by atoms with Crippen molar-refractivity contribution in [3.63, 3.8) is 0 Å². The molecule has 0 aliphatic rings. The first-order valence-corrected chi connectivity index (χ1v) is 6.59. The van der Waals surface area contributed by atoms with Gasteiger partial charge in [0, 0.05) is 10.9 Å². The van der Waals surface area contributed by atoms with Crippen molar-refractivity contribution < 1.29 is 14.7 Å². The van der Waals surface area contributed by atoms with Gasteiger partial charge in [-0.2, -0.15) is 0 Å². The molecular formula is C13H16BrNO3. The third-order valence-corrected chi connectivity index (χ3v) is 2.94. The molecule has 0 saturated heterocycles. The number of carboxylic acid groups (broad SMARTS) is 1. The fourth-order valence-corrected chi connectivity index (χ4v) is 2.06. The monoisotopic (exact) mass is 313 g/mol. The molecule has 0 saturated carbocycles. The van der Waals surface area contributed by atoms with Crippen molar-refractivity contribution >= 4 is 27.8 Å². The minimum Gasteiger partial charge on any atom is -0.481 e. The first kappa shape index (κ1) is 14.7. The highest BCUT2D eigenvalue weighted by Gasteiger charge is 2.17. The molecule has 0 aliphatic carbocycles. The highest BCUT2D eigenvalue weighted by molar-refractivity contribution is 9.10. The molecule has 0 fully saturated rings. The summed E-state index contributed by atoms with van der Waals surface area (Å²) in [5.41, 5.74) is 0.788. The Hall–Kier alpha value is -1.36. The number of nitrogens with one attached hydrogen (secondary N) is 1. The zero-order valence-corrected chi connectivity index (χ0v) is 11.7. The predicted octanol–water partition coefficient (Wildman–Crippen LogP) is 2.88. The summed E-state index contributed by atoms with van der Waals surface area (Å²) < 4.78 is 0.861. The normalized spacial score (nSPS) is 11.9. The van der Waals surface area contributed by atoms with E-state index in [0.717, 1.165) is 16.5 Å². The summed E-state index contributed by atoms with van der Waals surface area (Å²) in [5.74, 6) is -1.06. The van der Waals surface area contributed by atoms with E-state index in [0.29, 0.717) is 6.42 Å². The van der Waals surface area contributed by atoms with Crippen LogP contribution in [0.4, 0.5) is 0 Å². The second-order valence-corrected chi connectivity index (χ2v) is 4.94. The molecule has 1 atom stereocenters. The number of halogens is 1. The van der Waals surface area contributed by atoms with Crippen molar-refractivity contribution in [2.75, 3.05) is 0 Å². The van der Waals surface area contributed by atoms with E-state index >= 15 is 0 Å². The molecule has 4 nitrogen and oxygen atoms in total. The molecule has 0 spiro atoms. The van der Waals surface area contributed by atoms with Crippen LogP contribution >= 0.6 is 15.9 Å². The Labute approximate surface area is 115 Å². The Balaban J connectivity index is 2.84. The summed E-state index contributed by atoms with van der Waals surface area (Å²) in [6.45, 7) is 1.91. The number of amides is 1. The van der Waals surface area contributed by atoms with Gasteiger partial charge in [-0.3, -0.25) is 9.59 Å². The Morgan fingerprint density at radius 3 is 2.72 bits per heavy atom. The minimum absolute atomic E-state index is 0.119. The van der Waals surface area contributed by atoms with E-state index in [9.17, 15) is 9.59 Å². The second kappa shape index (κ2) is 7.16. The van der Waals surface area contributed by atoms with E-state index < -0.39 is 12.0 Å². The van der Waals surface area contributed by atoms with Gasteiger partial charge < -0.3 is 10.4 Å². The van der Waals surface area contributed by atoms with Crippen molar-refractivity contribution in [1.29, 1.82) is 0 Å². The Morgan fingerprint density at radius 1 is 1.44 bits per heavy atom. The van der Waals surface area contributed by atoms with E-state index in [1.54, 1.807) is 0 Å². The van der Waals surface area contributed by atoms with Crippen molar-refractivity contribution in [3.05, 3.63) is 34.3 Å². The van der Waals surface area contributed by atoms with Crippen molar-refractivity contribution in [3.8, 4) is 0 Å². The van der Waals surface area contributed by atoms with Crippen LogP contribution in [0.1, 0.15) is 37.8 Å². The lowest BCUT2D eigenvalue weighted by Gasteiger charge is -2.17.